The summed E-state index contributed by atoms with van der Waals surface area (Å²) in [7, 11) is 0. The van der Waals surface area contributed by atoms with E-state index in [0.29, 0.717) is 18.7 Å². The summed E-state index contributed by atoms with van der Waals surface area (Å²) in [6.45, 7) is 0.627. The van der Waals surface area contributed by atoms with Crippen molar-refractivity contribution in [3.8, 4) is 11.8 Å². The number of hydrogen-bond donors (Lipinski definition) is 2. The van der Waals surface area contributed by atoms with Gasteiger partial charge < -0.3 is 15.0 Å². The van der Waals surface area contributed by atoms with Crippen molar-refractivity contribution in [1.29, 1.82) is 0 Å². The lowest BCUT2D eigenvalue weighted by Crippen LogP contribution is -2.27. The Morgan fingerprint density at radius 2 is 2.33 bits per heavy atom. The maximum atomic E-state index is 13.7. The molecule has 0 aliphatic carbocycles. The number of aliphatic hydroxyl groups is 1. The Bertz CT molecular complexity index is 672. The first-order valence-corrected chi connectivity index (χ1v) is 6.34. The van der Waals surface area contributed by atoms with Crippen molar-refractivity contribution in [2.75, 3.05) is 13.2 Å². The molecule has 0 saturated carbocycles. The average Bonchev–Trinajstić information content (AvgIpc) is 2.99. The fourth-order valence-corrected chi connectivity index (χ4v) is 1.73. The molecule has 0 unspecified atom stereocenters. The molecule has 6 heteroatoms. The van der Waals surface area contributed by atoms with Crippen LogP contribution in [0, 0.1) is 17.7 Å². The van der Waals surface area contributed by atoms with E-state index in [1.54, 1.807) is 23.3 Å². The number of amides is 1. The molecule has 1 aromatic carbocycles. The van der Waals surface area contributed by atoms with Gasteiger partial charge in [0.25, 0.3) is 5.91 Å². The van der Waals surface area contributed by atoms with Crippen LogP contribution in [0.5, 0.6) is 0 Å². The monoisotopic (exact) mass is 287 g/mol. The van der Waals surface area contributed by atoms with Crippen LogP contribution in [0.4, 0.5) is 4.39 Å². The van der Waals surface area contributed by atoms with E-state index in [2.05, 4.69) is 22.1 Å². The van der Waals surface area contributed by atoms with Crippen LogP contribution >= 0.6 is 0 Å². The molecular formula is C15H14FN3O2. The highest BCUT2D eigenvalue weighted by molar-refractivity contribution is 5.94. The topological polar surface area (TPSA) is 67.2 Å². The number of aliphatic hydroxyl groups excluding tert-OH is 1. The van der Waals surface area contributed by atoms with Gasteiger partial charge in [0.15, 0.2) is 0 Å². The SMILES string of the molecule is O=C(NCCn1ccnc1)c1cc(C#CCO)ccc1F. The van der Waals surface area contributed by atoms with Crippen LogP contribution < -0.4 is 5.32 Å². The molecule has 0 bridgehead atoms. The highest BCUT2D eigenvalue weighted by Crippen LogP contribution is 2.10. The molecule has 0 spiro atoms. The summed E-state index contributed by atoms with van der Waals surface area (Å²) < 4.78 is 15.5. The van der Waals surface area contributed by atoms with Crippen molar-refractivity contribution < 1.29 is 14.3 Å². The van der Waals surface area contributed by atoms with E-state index in [-0.39, 0.29) is 12.2 Å². The van der Waals surface area contributed by atoms with Crippen LogP contribution in [0.1, 0.15) is 15.9 Å². The zero-order chi connectivity index (χ0) is 15.1. The first kappa shape index (κ1) is 14.8. The lowest BCUT2D eigenvalue weighted by molar-refractivity contribution is 0.0948. The van der Waals surface area contributed by atoms with Crippen LogP contribution in [0.15, 0.2) is 36.9 Å². The van der Waals surface area contributed by atoms with E-state index in [4.69, 9.17) is 5.11 Å². The smallest absolute Gasteiger partial charge is 0.254 e. The van der Waals surface area contributed by atoms with Gasteiger partial charge in [-0.05, 0) is 18.2 Å². The second kappa shape index (κ2) is 7.22. The van der Waals surface area contributed by atoms with Gasteiger partial charge in [-0.25, -0.2) is 9.37 Å². The summed E-state index contributed by atoms with van der Waals surface area (Å²) in [6.07, 6.45) is 5.06. The summed E-state index contributed by atoms with van der Waals surface area (Å²) in [5, 5.41) is 11.3. The minimum Gasteiger partial charge on any atom is -0.384 e. The van der Waals surface area contributed by atoms with E-state index >= 15 is 0 Å². The fraction of sp³-hybridized carbons (Fsp3) is 0.200. The quantitative estimate of drug-likeness (QED) is 0.817. The number of nitrogens with one attached hydrogen (secondary N) is 1. The number of carbonyl (C=O) groups excluding carboxylic acids is 1. The van der Waals surface area contributed by atoms with Crippen LogP contribution in [0.25, 0.3) is 0 Å². The predicted molar refractivity (Wildman–Crippen MR) is 74.9 cm³/mol. The zero-order valence-corrected chi connectivity index (χ0v) is 11.2. The number of imidazole rings is 1. The number of halogens is 1. The van der Waals surface area contributed by atoms with Crippen molar-refractivity contribution in [2.24, 2.45) is 0 Å². The predicted octanol–water partition coefficient (Wildman–Crippen LogP) is 0.796. The standard InChI is InChI=1S/C15H14FN3O2/c16-14-4-3-12(2-1-9-20)10-13(14)15(21)18-6-8-19-7-5-17-11-19/h3-5,7,10-11,20H,6,8-9H2,(H,18,21). The Balaban J connectivity index is 2.00. The summed E-state index contributed by atoms with van der Waals surface area (Å²) >= 11 is 0. The van der Waals surface area contributed by atoms with Gasteiger partial charge in [-0.15, -0.1) is 0 Å². The van der Waals surface area contributed by atoms with Crippen molar-refractivity contribution in [3.05, 3.63) is 53.9 Å². The lowest BCUT2D eigenvalue weighted by Gasteiger charge is -2.07. The molecule has 0 atom stereocenters. The van der Waals surface area contributed by atoms with Gasteiger partial charge in [0, 0.05) is 31.0 Å². The molecule has 1 aromatic heterocycles. The Kier molecular flexibility index (Phi) is 5.07. The van der Waals surface area contributed by atoms with Crippen LogP contribution in [-0.2, 0) is 6.54 Å². The normalized spacial score (nSPS) is 9.81. The van der Waals surface area contributed by atoms with Gasteiger partial charge in [0.05, 0.1) is 11.9 Å². The van der Waals surface area contributed by atoms with E-state index in [1.807, 2.05) is 0 Å². The summed E-state index contributed by atoms with van der Waals surface area (Å²) in [5.41, 5.74) is 0.413. The Hall–Kier alpha value is -2.65. The van der Waals surface area contributed by atoms with E-state index in [0.717, 1.165) is 0 Å². The van der Waals surface area contributed by atoms with Gasteiger partial charge in [-0.2, -0.15) is 0 Å². The molecule has 108 valence electrons. The number of nitrogens with zero attached hydrogens (tertiary/aromatic N) is 2. The van der Waals surface area contributed by atoms with Gasteiger partial charge in [0.1, 0.15) is 12.4 Å². The van der Waals surface area contributed by atoms with Gasteiger partial charge in [-0.1, -0.05) is 11.8 Å². The molecule has 21 heavy (non-hydrogen) atoms. The van der Waals surface area contributed by atoms with Crippen LogP contribution in [-0.4, -0.2) is 33.7 Å². The molecule has 2 rings (SSSR count). The molecule has 1 amide bonds. The number of benzene rings is 1. The molecule has 0 radical (unpaired) electrons. The first-order valence-electron chi connectivity index (χ1n) is 6.34. The Morgan fingerprint density at radius 1 is 1.48 bits per heavy atom. The van der Waals surface area contributed by atoms with Crippen molar-refractivity contribution >= 4 is 5.91 Å². The van der Waals surface area contributed by atoms with E-state index in [1.165, 1.54) is 18.2 Å². The number of rotatable bonds is 4. The third kappa shape index (κ3) is 4.16. The number of carbonyl (C=O) groups is 1. The molecule has 0 fully saturated rings. The summed E-state index contributed by atoms with van der Waals surface area (Å²) in [4.78, 5) is 15.8. The minimum atomic E-state index is -0.607. The Labute approximate surface area is 121 Å². The maximum absolute atomic E-state index is 13.7. The molecule has 2 N–H and O–H groups in total. The first-order chi connectivity index (χ1) is 10.2. The molecule has 1 heterocycles. The van der Waals surface area contributed by atoms with Crippen LogP contribution in [0.2, 0.25) is 0 Å². The molecular weight excluding hydrogens is 273 g/mol. The average molecular weight is 287 g/mol. The highest BCUT2D eigenvalue weighted by Gasteiger charge is 2.11. The van der Waals surface area contributed by atoms with Crippen molar-refractivity contribution in [1.82, 2.24) is 14.9 Å². The number of hydrogen-bond acceptors (Lipinski definition) is 3. The molecule has 5 nitrogen and oxygen atoms in total. The third-order valence-corrected chi connectivity index (χ3v) is 2.74. The largest absolute Gasteiger partial charge is 0.384 e. The second-order valence-corrected chi connectivity index (χ2v) is 4.21. The van der Waals surface area contributed by atoms with E-state index < -0.39 is 11.7 Å². The second-order valence-electron chi connectivity index (χ2n) is 4.21. The zero-order valence-electron chi connectivity index (χ0n) is 11.2. The Morgan fingerprint density at radius 3 is 3.05 bits per heavy atom. The van der Waals surface area contributed by atoms with Crippen LogP contribution in [0.3, 0.4) is 0 Å². The number of aromatic nitrogens is 2. The molecule has 0 aliphatic heterocycles. The third-order valence-electron chi connectivity index (χ3n) is 2.74. The minimum absolute atomic E-state index is 0.0645. The van der Waals surface area contributed by atoms with E-state index in [9.17, 15) is 9.18 Å². The summed E-state index contributed by atoms with van der Waals surface area (Å²) in [5.74, 6) is 3.98. The summed E-state index contributed by atoms with van der Waals surface area (Å²) in [6, 6.07) is 4.01. The highest BCUT2D eigenvalue weighted by atomic mass is 19.1. The van der Waals surface area contributed by atoms with Gasteiger partial charge in [-0.3, -0.25) is 4.79 Å². The fourth-order valence-electron chi connectivity index (χ4n) is 1.73. The lowest BCUT2D eigenvalue weighted by atomic mass is 10.1. The van der Waals surface area contributed by atoms with Gasteiger partial charge in [0.2, 0.25) is 0 Å². The van der Waals surface area contributed by atoms with Crippen molar-refractivity contribution in [3.63, 3.8) is 0 Å². The van der Waals surface area contributed by atoms with Gasteiger partial charge >= 0.3 is 0 Å². The van der Waals surface area contributed by atoms with Crippen molar-refractivity contribution in [2.45, 2.75) is 6.54 Å². The molecule has 0 aliphatic rings. The molecule has 2 aromatic rings. The molecule has 0 saturated heterocycles. The maximum Gasteiger partial charge on any atom is 0.254 e.